The van der Waals surface area contributed by atoms with Crippen LogP contribution in [0.2, 0.25) is 0 Å². The van der Waals surface area contributed by atoms with E-state index in [0.29, 0.717) is 0 Å². The van der Waals surface area contributed by atoms with E-state index in [0.717, 1.165) is 4.31 Å². The summed E-state index contributed by atoms with van der Waals surface area (Å²) in [6, 6.07) is 1.81. The summed E-state index contributed by atoms with van der Waals surface area (Å²) in [6.45, 7) is 0.0957. The molecule has 0 unspecified atom stereocenters. The lowest BCUT2D eigenvalue weighted by Crippen LogP contribution is -2.30. The van der Waals surface area contributed by atoms with Crippen molar-refractivity contribution in [3.63, 3.8) is 0 Å². The van der Waals surface area contributed by atoms with Gasteiger partial charge in [-0.1, -0.05) is 0 Å². The number of aliphatic carboxylic acids is 1. The van der Waals surface area contributed by atoms with E-state index in [2.05, 4.69) is 0 Å². The standard InChI is InChI=1S/C7H12N2O4S/c1-9(5-2-4-8)14(12,13)6-3-7(10)11/h2-3,5-6H2,1H3,(H,10,11). The zero-order valence-corrected chi connectivity index (χ0v) is 8.62. The molecule has 0 spiro atoms. The zero-order chi connectivity index (χ0) is 11.2. The predicted molar refractivity (Wildman–Crippen MR) is 48.9 cm³/mol. The second-order valence-corrected chi connectivity index (χ2v) is 4.88. The van der Waals surface area contributed by atoms with E-state index < -0.39 is 28.2 Å². The van der Waals surface area contributed by atoms with E-state index in [1.54, 1.807) is 0 Å². The third-order valence-corrected chi connectivity index (χ3v) is 3.44. The molecule has 1 N–H and O–H groups in total. The third kappa shape index (κ3) is 4.79. The number of sulfonamides is 1. The summed E-state index contributed by atoms with van der Waals surface area (Å²) in [5.41, 5.74) is 0. The molecule has 0 aliphatic heterocycles. The fraction of sp³-hybridized carbons (Fsp3) is 0.714. The smallest absolute Gasteiger partial charge is 0.304 e. The minimum absolute atomic E-state index is 0.0957. The van der Waals surface area contributed by atoms with Gasteiger partial charge in [0.1, 0.15) is 0 Å². The number of rotatable bonds is 6. The number of carbonyl (C=O) groups is 1. The van der Waals surface area contributed by atoms with Crippen molar-refractivity contribution in [2.75, 3.05) is 19.3 Å². The molecule has 0 saturated carbocycles. The summed E-state index contributed by atoms with van der Waals surface area (Å²) < 4.78 is 23.6. The molecule has 0 aromatic heterocycles. The lowest BCUT2D eigenvalue weighted by atomic mass is 10.5. The normalized spacial score (nSPS) is 11.2. The minimum Gasteiger partial charge on any atom is -0.481 e. The van der Waals surface area contributed by atoms with Crippen molar-refractivity contribution in [3.05, 3.63) is 0 Å². The van der Waals surface area contributed by atoms with Gasteiger partial charge in [0.25, 0.3) is 0 Å². The Bertz CT molecular complexity index is 330. The van der Waals surface area contributed by atoms with Crippen molar-refractivity contribution in [2.24, 2.45) is 0 Å². The first-order valence-corrected chi connectivity index (χ1v) is 5.54. The van der Waals surface area contributed by atoms with Crippen LogP contribution in [0.3, 0.4) is 0 Å². The van der Waals surface area contributed by atoms with Crippen LogP contribution in [0, 0.1) is 11.3 Å². The summed E-state index contributed by atoms with van der Waals surface area (Å²) in [4.78, 5) is 10.1. The van der Waals surface area contributed by atoms with Crippen LogP contribution in [-0.2, 0) is 14.8 Å². The average molecular weight is 220 g/mol. The number of carboxylic acids is 1. The van der Waals surface area contributed by atoms with Gasteiger partial charge < -0.3 is 5.11 Å². The molecule has 0 heterocycles. The van der Waals surface area contributed by atoms with Gasteiger partial charge in [-0.2, -0.15) is 5.26 Å². The molecule has 0 aromatic rings. The molecule has 0 saturated heterocycles. The van der Waals surface area contributed by atoms with E-state index in [9.17, 15) is 13.2 Å². The summed E-state index contributed by atoms with van der Waals surface area (Å²) in [7, 11) is -2.20. The highest BCUT2D eigenvalue weighted by Gasteiger charge is 2.18. The molecule has 14 heavy (non-hydrogen) atoms. The van der Waals surface area contributed by atoms with Gasteiger partial charge in [0.2, 0.25) is 10.0 Å². The van der Waals surface area contributed by atoms with E-state index in [-0.39, 0.29) is 13.0 Å². The topological polar surface area (TPSA) is 98.5 Å². The lowest BCUT2D eigenvalue weighted by molar-refractivity contribution is -0.136. The number of carboxylic acid groups (broad SMARTS) is 1. The molecule has 0 fully saturated rings. The van der Waals surface area contributed by atoms with Gasteiger partial charge in [-0.15, -0.1) is 0 Å². The first-order chi connectivity index (χ1) is 6.40. The molecule has 0 aliphatic carbocycles. The Balaban J connectivity index is 4.18. The Morgan fingerprint density at radius 3 is 2.57 bits per heavy atom. The number of hydrogen-bond acceptors (Lipinski definition) is 4. The summed E-state index contributed by atoms with van der Waals surface area (Å²) >= 11 is 0. The summed E-state index contributed by atoms with van der Waals surface area (Å²) in [5, 5.41) is 16.5. The van der Waals surface area contributed by atoms with Crippen LogP contribution < -0.4 is 0 Å². The van der Waals surface area contributed by atoms with Crippen molar-refractivity contribution in [1.82, 2.24) is 4.31 Å². The highest BCUT2D eigenvalue weighted by Crippen LogP contribution is 2.01. The molecule has 0 bridgehead atoms. The van der Waals surface area contributed by atoms with Gasteiger partial charge in [-0.3, -0.25) is 4.79 Å². The first kappa shape index (κ1) is 12.9. The maximum Gasteiger partial charge on any atom is 0.304 e. The van der Waals surface area contributed by atoms with E-state index in [4.69, 9.17) is 10.4 Å². The Hall–Kier alpha value is -1.13. The van der Waals surface area contributed by atoms with Crippen LogP contribution in [0.4, 0.5) is 0 Å². The Morgan fingerprint density at radius 2 is 2.14 bits per heavy atom. The Morgan fingerprint density at radius 1 is 1.57 bits per heavy atom. The summed E-state index contributed by atoms with van der Waals surface area (Å²) in [6.07, 6.45) is -0.317. The maximum atomic E-state index is 11.3. The van der Waals surface area contributed by atoms with Gasteiger partial charge in [0.05, 0.1) is 18.2 Å². The molecule has 0 aliphatic rings. The monoisotopic (exact) mass is 220 g/mol. The quantitative estimate of drug-likeness (QED) is 0.658. The highest BCUT2D eigenvalue weighted by atomic mass is 32.2. The number of nitriles is 1. The highest BCUT2D eigenvalue weighted by molar-refractivity contribution is 7.89. The molecular weight excluding hydrogens is 208 g/mol. The fourth-order valence-electron chi connectivity index (χ4n) is 0.719. The molecular formula is C7H12N2O4S. The second-order valence-electron chi connectivity index (χ2n) is 2.69. The molecule has 0 amide bonds. The molecule has 0 aromatic carbocycles. The average Bonchev–Trinajstić information content (AvgIpc) is 2.11. The van der Waals surface area contributed by atoms with Crippen LogP contribution in [-0.4, -0.2) is 43.1 Å². The van der Waals surface area contributed by atoms with Crippen LogP contribution in [0.15, 0.2) is 0 Å². The van der Waals surface area contributed by atoms with Crippen molar-refractivity contribution in [1.29, 1.82) is 5.26 Å². The third-order valence-electron chi connectivity index (χ3n) is 1.59. The van der Waals surface area contributed by atoms with E-state index in [1.807, 2.05) is 6.07 Å². The zero-order valence-electron chi connectivity index (χ0n) is 7.80. The molecule has 0 atom stereocenters. The minimum atomic E-state index is -3.53. The van der Waals surface area contributed by atoms with Crippen LogP contribution >= 0.6 is 0 Å². The molecule has 7 heteroatoms. The maximum absolute atomic E-state index is 11.3. The van der Waals surface area contributed by atoms with Gasteiger partial charge in [0.15, 0.2) is 0 Å². The second kappa shape index (κ2) is 5.57. The van der Waals surface area contributed by atoms with Gasteiger partial charge in [-0.05, 0) is 0 Å². The molecule has 0 radical (unpaired) electrons. The fourth-order valence-corrected chi connectivity index (χ4v) is 1.83. The molecule has 80 valence electrons. The van der Waals surface area contributed by atoms with Crippen LogP contribution in [0.1, 0.15) is 12.8 Å². The van der Waals surface area contributed by atoms with Crippen molar-refractivity contribution >= 4 is 16.0 Å². The van der Waals surface area contributed by atoms with Crippen molar-refractivity contribution < 1.29 is 18.3 Å². The Kier molecular flexibility index (Phi) is 5.12. The number of nitrogens with zero attached hydrogens (tertiary/aromatic N) is 2. The molecule has 6 nitrogen and oxygen atoms in total. The Labute approximate surface area is 82.8 Å². The SMILES string of the molecule is CN(CCC#N)S(=O)(=O)CCC(=O)O. The largest absolute Gasteiger partial charge is 0.481 e. The first-order valence-electron chi connectivity index (χ1n) is 3.93. The van der Waals surface area contributed by atoms with Crippen LogP contribution in [0.5, 0.6) is 0 Å². The van der Waals surface area contributed by atoms with Crippen molar-refractivity contribution in [3.8, 4) is 6.07 Å². The van der Waals surface area contributed by atoms with Gasteiger partial charge >= 0.3 is 5.97 Å². The van der Waals surface area contributed by atoms with Crippen molar-refractivity contribution in [2.45, 2.75) is 12.8 Å². The van der Waals surface area contributed by atoms with Gasteiger partial charge in [0, 0.05) is 20.0 Å². The van der Waals surface area contributed by atoms with E-state index >= 15 is 0 Å². The van der Waals surface area contributed by atoms with Crippen LogP contribution in [0.25, 0.3) is 0 Å². The summed E-state index contributed by atoms with van der Waals surface area (Å²) in [5.74, 6) is -1.58. The number of hydrogen-bond donors (Lipinski definition) is 1. The van der Waals surface area contributed by atoms with Gasteiger partial charge in [-0.25, -0.2) is 12.7 Å². The lowest BCUT2D eigenvalue weighted by Gasteiger charge is -2.14. The molecule has 0 rings (SSSR count). The van der Waals surface area contributed by atoms with E-state index in [1.165, 1.54) is 7.05 Å². The predicted octanol–water partition coefficient (Wildman–Crippen LogP) is -0.364.